The number of aliphatic hydroxyl groups is 1. The average Bonchev–Trinajstić information content (AvgIpc) is 2.76. The third-order valence-corrected chi connectivity index (χ3v) is 4.53. The van der Waals surface area contributed by atoms with E-state index in [0.29, 0.717) is 24.6 Å². The summed E-state index contributed by atoms with van der Waals surface area (Å²) in [5, 5.41) is 16.0. The quantitative estimate of drug-likeness (QED) is 0.667. The van der Waals surface area contributed by atoms with Gasteiger partial charge >= 0.3 is 6.09 Å². The van der Waals surface area contributed by atoms with Gasteiger partial charge in [-0.25, -0.2) is 9.18 Å². The second kappa shape index (κ2) is 7.15. The third-order valence-electron chi connectivity index (χ3n) is 4.31. The third kappa shape index (κ3) is 4.20. The molecule has 136 valence electrons. The van der Waals surface area contributed by atoms with E-state index < -0.39 is 23.6 Å². The van der Waals surface area contributed by atoms with Crippen LogP contribution in [0.1, 0.15) is 12.0 Å². The summed E-state index contributed by atoms with van der Waals surface area (Å²) in [6.07, 6.45) is -0.936. The molecule has 1 aromatic carbocycles. The van der Waals surface area contributed by atoms with Gasteiger partial charge in [-0.2, -0.15) is 0 Å². The van der Waals surface area contributed by atoms with Gasteiger partial charge in [-0.15, -0.1) is 0 Å². The molecule has 0 saturated carbocycles. The van der Waals surface area contributed by atoms with Crippen molar-refractivity contribution >= 4 is 23.6 Å². The van der Waals surface area contributed by atoms with Crippen LogP contribution in [0.3, 0.4) is 0 Å². The molecule has 2 amide bonds. The fourth-order valence-electron chi connectivity index (χ4n) is 2.88. The van der Waals surface area contributed by atoms with Gasteiger partial charge < -0.3 is 25.4 Å². The molecule has 9 heteroatoms. The van der Waals surface area contributed by atoms with Gasteiger partial charge in [0, 0.05) is 50.1 Å². The van der Waals surface area contributed by atoms with E-state index in [9.17, 15) is 19.1 Å². The first-order valence-electron chi connectivity index (χ1n) is 8.00. The summed E-state index contributed by atoms with van der Waals surface area (Å²) in [6.45, 7) is 2.48. The molecule has 7 nitrogen and oxygen atoms in total. The van der Waals surface area contributed by atoms with Crippen molar-refractivity contribution in [2.24, 2.45) is 5.92 Å². The van der Waals surface area contributed by atoms with Crippen LogP contribution in [-0.2, 0) is 16.1 Å². The number of ether oxygens (including phenoxy) is 1. The molecule has 0 aromatic heterocycles. The molecular weight excluding hydrogens is 353 g/mol. The number of alkyl carbamates (subject to hydrolysis) is 1. The van der Waals surface area contributed by atoms with Crippen molar-refractivity contribution in [3.8, 4) is 0 Å². The summed E-state index contributed by atoms with van der Waals surface area (Å²) in [5.74, 6) is -2.93. The molecular formula is C16H19ClFN3O4. The van der Waals surface area contributed by atoms with Crippen molar-refractivity contribution in [3.05, 3.63) is 34.6 Å². The number of amides is 2. The molecule has 0 bridgehead atoms. The van der Waals surface area contributed by atoms with Gasteiger partial charge in [0.1, 0.15) is 5.82 Å². The van der Waals surface area contributed by atoms with Crippen LogP contribution in [0.4, 0.5) is 9.18 Å². The Morgan fingerprint density at radius 3 is 2.88 bits per heavy atom. The Morgan fingerprint density at radius 2 is 2.24 bits per heavy atom. The number of nitrogens with zero attached hydrogens (tertiary/aromatic N) is 1. The SMILES string of the molecule is O=C(NCc1cc(F)cc(Cl)c1)OC1(O)CCN(CC2CNC2)C1=O. The maximum absolute atomic E-state index is 13.3. The standard InChI is InChI=1S/C16H19ClFN3O4/c17-12-3-10(4-13(18)5-12)8-20-15(23)25-16(24)1-2-21(14(16)22)9-11-6-19-7-11/h3-5,11,19,24H,1-2,6-9H2,(H,20,23). The number of halogens is 2. The van der Waals surface area contributed by atoms with Gasteiger partial charge in [0.05, 0.1) is 0 Å². The lowest BCUT2D eigenvalue weighted by Gasteiger charge is -2.31. The van der Waals surface area contributed by atoms with Crippen LogP contribution in [0.2, 0.25) is 5.02 Å². The minimum absolute atomic E-state index is 0.0190. The topological polar surface area (TPSA) is 90.9 Å². The van der Waals surface area contributed by atoms with E-state index in [-0.39, 0.29) is 18.0 Å². The zero-order valence-electron chi connectivity index (χ0n) is 13.4. The number of carbonyl (C=O) groups excluding carboxylic acids is 2. The molecule has 2 saturated heterocycles. The highest BCUT2D eigenvalue weighted by Gasteiger charge is 2.49. The van der Waals surface area contributed by atoms with E-state index >= 15 is 0 Å². The molecule has 2 aliphatic rings. The summed E-state index contributed by atoms with van der Waals surface area (Å²) in [4.78, 5) is 25.7. The number of likely N-dealkylation sites (tertiary alicyclic amines) is 1. The van der Waals surface area contributed by atoms with Crippen molar-refractivity contribution in [2.45, 2.75) is 18.8 Å². The second-order valence-corrected chi connectivity index (χ2v) is 6.77. The Bertz CT molecular complexity index is 665. The molecule has 0 aliphatic carbocycles. The maximum Gasteiger partial charge on any atom is 0.410 e. The Kier molecular flexibility index (Phi) is 5.12. The first-order valence-corrected chi connectivity index (χ1v) is 8.38. The molecule has 25 heavy (non-hydrogen) atoms. The van der Waals surface area contributed by atoms with E-state index in [4.69, 9.17) is 16.3 Å². The van der Waals surface area contributed by atoms with Crippen LogP contribution in [0.5, 0.6) is 0 Å². The van der Waals surface area contributed by atoms with Crippen molar-refractivity contribution in [1.29, 1.82) is 0 Å². The highest BCUT2D eigenvalue weighted by atomic mass is 35.5. The number of hydrogen-bond donors (Lipinski definition) is 3. The van der Waals surface area contributed by atoms with Crippen molar-refractivity contribution < 1.29 is 23.8 Å². The molecule has 2 fully saturated rings. The van der Waals surface area contributed by atoms with E-state index in [2.05, 4.69) is 10.6 Å². The fourth-order valence-corrected chi connectivity index (χ4v) is 3.12. The maximum atomic E-state index is 13.3. The average molecular weight is 372 g/mol. The Labute approximate surface area is 149 Å². The molecule has 3 N–H and O–H groups in total. The molecule has 0 spiro atoms. The minimum Gasteiger partial charge on any atom is -0.407 e. The van der Waals surface area contributed by atoms with Crippen LogP contribution < -0.4 is 10.6 Å². The molecule has 3 rings (SSSR count). The van der Waals surface area contributed by atoms with E-state index in [0.717, 1.165) is 19.2 Å². The van der Waals surface area contributed by atoms with Gasteiger partial charge in [0.15, 0.2) is 0 Å². The zero-order chi connectivity index (χ0) is 18.0. The lowest BCUT2D eigenvalue weighted by atomic mass is 10.0. The smallest absolute Gasteiger partial charge is 0.407 e. The summed E-state index contributed by atoms with van der Waals surface area (Å²) < 4.78 is 18.2. The summed E-state index contributed by atoms with van der Waals surface area (Å²) in [5.41, 5.74) is 0.436. The molecule has 2 heterocycles. The monoisotopic (exact) mass is 371 g/mol. The molecule has 0 radical (unpaired) electrons. The zero-order valence-corrected chi connectivity index (χ0v) is 14.2. The van der Waals surface area contributed by atoms with Crippen molar-refractivity contribution in [2.75, 3.05) is 26.2 Å². The summed E-state index contributed by atoms with van der Waals surface area (Å²) >= 11 is 5.74. The molecule has 1 aromatic rings. The lowest BCUT2D eigenvalue weighted by Crippen LogP contribution is -2.51. The van der Waals surface area contributed by atoms with Crippen LogP contribution >= 0.6 is 11.6 Å². The van der Waals surface area contributed by atoms with Gasteiger partial charge in [-0.05, 0) is 23.8 Å². The van der Waals surface area contributed by atoms with Gasteiger partial charge in [-0.3, -0.25) is 4.79 Å². The van der Waals surface area contributed by atoms with Crippen molar-refractivity contribution in [3.63, 3.8) is 0 Å². The van der Waals surface area contributed by atoms with Gasteiger partial charge in [0.2, 0.25) is 0 Å². The number of benzene rings is 1. The highest BCUT2D eigenvalue weighted by molar-refractivity contribution is 6.30. The molecule has 1 atom stereocenters. The highest BCUT2D eigenvalue weighted by Crippen LogP contribution is 2.26. The lowest BCUT2D eigenvalue weighted by molar-refractivity contribution is -0.182. The van der Waals surface area contributed by atoms with Gasteiger partial charge in [-0.1, -0.05) is 11.6 Å². The first-order chi connectivity index (χ1) is 11.9. The van der Waals surface area contributed by atoms with Crippen LogP contribution in [0, 0.1) is 11.7 Å². The molecule has 2 aliphatic heterocycles. The Morgan fingerprint density at radius 1 is 1.48 bits per heavy atom. The number of hydrogen-bond acceptors (Lipinski definition) is 5. The normalized spacial score (nSPS) is 23.5. The predicted octanol–water partition coefficient (Wildman–Crippen LogP) is 0.846. The van der Waals surface area contributed by atoms with Gasteiger partial charge in [0.25, 0.3) is 11.7 Å². The van der Waals surface area contributed by atoms with Crippen LogP contribution in [-0.4, -0.2) is 54.0 Å². The first kappa shape index (κ1) is 17.9. The number of nitrogens with one attached hydrogen (secondary N) is 2. The summed E-state index contributed by atoms with van der Waals surface area (Å²) in [6, 6.07) is 3.86. The molecule has 1 unspecified atom stereocenters. The largest absolute Gasteiger partial charge is 0.410 e. The second-order valence-electron chi connectivity index (χ2n) is 6.33. The van der Waals surface area contributed by atoms with Crippen molar-refractivity contribution in [1.82, 2.24) is 15.5 Å². The number of carbonyl (C=O) groups is 2. The summed E-state index contributed by atoms with van der Waals surface area (Å²) in [7, 11) is 0. The van der Waals surface area contributed by atoms with E-state index in [1.54, 1.807) is 0 Å². The van der Waals surface area contributed by atoms with Crippen LogP contribution in [0.25, 0.3) is 0 Å². The van der Waals surface area contributed by atoms with Crippen LogP contribution in [0.15, 0.2) is 18.2 Å². The van der Waals surface area contributed by atoms with E-state index in [1.165, 1.54) is 17.0 Å². The minimum atomic E-state index is -2.15. The number of rotatable bonds is 5. The Hall–Kier alpha value is -1.90. The van der Waals surface area contributed by atoms with E-state index in [1.807, 2.05) is 0 Å². The fraction of sp³-hybridized carbons (Fsp3) is 0.500. The predicted molar refractivity (Wildman–Crippen MR) is 87.2 cm³/mol. The Balaban J connectivity index is 1.52.